The van der Waals surface area contributed by atoms with E-state index in [1.165, 1.54) is 11.3 Å². The van der Waals surface area contributed by atoms with Crippen molar-refractivity contribution in [3.05, 3.63) is 41.8 Å². The van der Waals surface area contributed by atoms with Crippen molar-refractivity contribution in [2.75, 3.05) is 6.54 Å². The van der Waals surface area contributed by atoms with E-state index < -0.39 is 23.2 Å². The van der Waals surface area contributed by atoms with Crippen LogP contribution in [0.2, 0.25) is 0 Å². The van der Waals surface area contributed by atoms with E-state index >= 15 is 0 Å². The summed E-state index contributed by atoms with van der Waals surface area (Å²) < 4.78 is 31.5. The normalized spacial score (nSPS) is 19.0. The number of carbonyl (C=O) groups excluding carboxylic acids is 1. The quantitative estimate of drug-likeness (QED) is 0.852. The Morgan fingerprint density at radius 3 is 2.86 bits per heavy atom. The van der Waals surface area contributed by atoms with Crippen LogP contribution in [0.1, 0.15) is 48.0 Å². The van der Waals surface area contributed by atoms with Crippen molar-refractivity contribution in [1.29, 1.82) is 0 Å². The minimum Gasteiger partial charge on any atom is -0.343 e. The number of amides is 1. The number of rotatable bonds is 2. The number of nitrogens with zero attached hydrogens (tertiary/aromatic N) is 4. The number of likely N-dealkylation sites (tertiary alicyclic amines) is 1. The molecule has 1 unspecified atom stereocenters. The number of aromatic nitrogens is 3. The van der Waals surface area contributed by atoms with Crippen molar-refractivity contribution < 1.29 is 18.1 Å². The Morgan fingerprint density at radius 2 is 2.14 bits per heavy atom. The van der Waals surface area contributed by atoms with Crippen LogP contribution in [-0.2, 0) is 0 Å². The van der Waals surface area contributed by atoms with Crippen LogP contribution in [-0.4, -0.2) is 32.5 Å². The predicted molar refractivity (Wildman–Crippen MR) is 70.7 cm³/mol. The van der Waals surface area contributed by atoms with E-state index in [0.29, 0.717) is 24.9 Å². The topological polar surface area (TPSA) is 72.1 Å². The van der Waals surface area contributed by atoms with Crippen molar-refractivity contribution in [2.24, 2.45) is 0 Å². The molecule has 0 aromatic carbocycles. The fourth-order valence-electron chi connectivity index (χ4n) is 2.65. The first-order valence-corrected chi connectivity index (χ1v) is 7.05. The summed E-state index contributed by atoms with van der Waals surface area (Å²) in [7, 11) is 0. The van der Waals surface area contributed by atoms with Crippen LogP contribution in [0.25, 0.3) is 0 Å². The van der Waals surface area contributed by atoms with Crippen LogP contribution in [0, 0.1) is 11.6 Å². The highest BCUT2D eigenvalue weighted by atomic mass is 19.1. The van der Waals surface area contributed by atoms with Crippen molar-refractivity contribution in [1.82, 2.24) is 20.0 Å². The molecule has 0 aliphatic carbocycles. The molecule has 116 valence electrons. The van der Waals surface area contributed by atoms with Gasteiger partial charge in [0, 0.05) is 12.6 Å². The van der Waals surface area contributed by atoms with Crippen LogP contribution >= 0.6 is 0 Å². The third kappa shape index (κ3) is 2.81. The van der Waals surface area contributed by atoms with E-state index in [2.05, 4.69) is 15.1 Å². The molecule has 1 saturated heterocycles. The van der Waals surface area contributed by atoms with Gasteiger partial charge in [-0.25, -0.2) is 13.8 Å². The Morgan fingerprint density at radius 1 is 1.27 bits per heavy atom. The molecule has 0 saturated carbocycles. The van der Waals surface area contributed by atoms with Gasteiger partial charge >= 0.3 is 0 Å². The van der Waals surface area contributed by atoms with Gasteiger partial charge in [-0.3, -0.25) is 4.79 Å². The molecule has 1 atom stereocenters. The van der Waals surface area contributed by atoms with Crippen LogP contribution < -0.4 is 0 Å². The molecule has 0 spiro atoms. The maximum absolute atomic E-state index is 13.8. The summed E-state index contributed by atoms with van der Waals surface area (Å²) >= 11 is 0. The largest absolute Gasteiger partial charge is 0.343 e. The van der Waals surface area contributed by atoms with Crippen molar-refractivity contribution in [3.63, 3.8) is 0 Å². The maximum atomic E-state index is 13.8. The second-order valence-electron chi connectivity index (χ2n) is 5.14. The average molecular weight is 308 g/mol. The van der Waals surface area contributed by atoms with E-state index in [-0.39, 0.29) is 6.04 Å². The third-order valence-electron chi connectivity index (χ3n) is 3.70. The van der Waals surface area contributed by atoms with Crippen molar-refractivity contribution in [3.8, 4) is 0 Å². The van der Waals surface area contributed by atoms with Gasteiger partial charge in [-0.2, -0.15) is 4.98 Å². The molecule has 1 aliphatic rings. The van der Waals surface area contributed by atoms with E-state index in [1.54, 1.807) is 0 Å². The van der Waals surface area contributed by atoms with Gasteiger partial charge in [0.15, 0.2) is 17.3 Å². The smallest absolute Gasteiger partial charge is 0.276 e. The zero-order chi connectivity index (χ0) is 15.5. The van der Waals surface area contributed by atoms with E-state index in [4.69, 9.17) is 4.52 Å². The molecule has 8 heteroatoms. The Hall–Kier alpha value is -2.38. The molecule has 0 bridgehead atoms. The number of carbonyl (C=O) groups is 1. The third-order valence-corrected chi connectivity index (χ3v) is 3.70. The van der Waals surface area contributed by atoms with Crippen LogP contribution in [0.15, 0.2) is 23.2 Å². The molecule has 22 heavy (non-hydrogen) atoms. The zero-order valence-electron chi connectivity index (χ0n) is 11.7. The highest BCUT2D eigenvalue weighted by molar-refractivity contribution is 5.92. The van der Waals surface area contributed by atoms with E-state index in [9.17, 15) is 13.6 Å². The number of halogens is 2. The molecular formula is C14H14F2N4O2. The van der Waals surface area contributed by atoms with Gasteiger partial charge in [0.25, 0.3) is 5.91 Å². The lowest BCUT2D eigenvalue weighted by atomic mass is 10.1. The second kappa shape index (κ2) is 6.17. The summed E-state index contributed by atoms with van der Waals surface area (Å²) in [6.45, 7) is 0.441. The summed E-state index contributed by atoms with van der Waals surface area (Å²) in [5, 5.41) is 3.79. The Balaban J connectivity index is 1.93. The first-order valence-electron chi connectivity index (χ1n) is 7.05. The number of hydrogen-bond acceptors (Lipinski definition) is 5. The van der Waals surface area contributed by atoms with Gasteiger partial charge in [0.1, 0.15) is 5.82 Å². The molecular weight excluding hydrogens is 294 g/mol. The Labute approximate surface area is 125 Å². The van der Waals surface area contributed by atoms with Crippen molar-refractivity contribution in [2.45, 2.75) is 31.7 Å². The summed E-state index contributed by atoms with van der Waals surface area (Å²) in [6.07, 6.45) is 5.34. The molecule has 1 fully saturated rings. The molecule has 1 amide bonds. The zero-order valence-corrected chi connectivity index (χ0v) is 11.7. The monoisotopic (exact) mass is 308 g/mol. The lowest BCUT2D eigenvalue weighted by Gasteiger charge is -2.27. The molecule has 6 nitrogen and oxygen atoms in total. The van der Waals surface area contributed by atoms with Gasteiger partial charge in [-0.1, -0.05) is 18.0 Å². The molecule has 0 radical (unpaired) electrons. The summed E-state index contributed by atoms with van der Waals surface area (Å²) in [4.78, 5) is 21.7. The Bertz CT molecular complexity index is 663. The molecule has 2 aromatic rings. The minimum atomic E-state index is -0.971. The van der Waals surface area contributed by atoms with Gasteiger partial charge in [0.2, 0.25) is 6.39 Å². The molecule has 3 heterocycles. The van der Waals surface area contributed by atoms with Crippen LogP contribution in [0.3, 0.4) is 0 Å². The molecule has 3 rings (SSSR count). The van der Waals surface area contributed by atoms with Gasteiger partial charge in [-0.15, -0.1) is 0 Å². The first kappa shape index (κ1) is 14.6. The second-order valence-corrected chi connectivity index (χ2v) is 5.14. The molecule has 0 N–H and O–H groups in total. The van der Waals surface area contributed by atoms with Gasteiger partial charge < -0.3 is 9.42 Å². The van der Waals surface area contributed by atoms with Crippen LogP contribution in [0.4, 0.5) is 8.78 Å². The average Bonchev–Trinajstić information content (AvgIpc) is 2.91. The maximum Gasteiger partial charge on any atom is 0.276 e. The lowest BCUT2D eigenvalue weighted by molar-refractivity contribution is 0.0658. The number of pyridine rings is 1. The van der Waals surface area contributed by atoms with Crippen molar-refractivity contribution >= 4 is 5.91 Å². The number of hydrogen-bond donors (Lipinski definition) is 0. The first-order chi connectivity index (χ1) is 10.7. The molecule has 1 aliphatic heterocycles. The van der Waals surface area contributed by atoms with Gasteiger partial charge in [0.05, 0.1) is 12.2 Å². The minimum absolute atomic E-state index is 0.387. The highest BCUT2D eigenvalue weighted by Gasteiger charge is 2.32. The lowest BCUT2D eigenvalue weighted by Crippen LogP contribution is -2.36. The summed E-state index contributed by atoms with van der Waals surface area (Å²) in [5.41, 5.74) is -0.392. The highest BCUT2D eigenvalue weighted by Crippen LogP contribution is 2.29. The Kier molecular flexibility index (Phi) is 4.08. The standard InChI is InChI=1S/C14H14F2N4O2/c15-9-6-10(16)12(17-7-9)14(21)20-5-3-1-2-4-11(20)13-18-8-22-19-13/h6-8,11H,1-5H2. The fraction of sp³-hybridized carbons (Fsp3) is 0.429. The van der Waals surface area contributed by atoms with Crippen LogP contribution in [0.5, 0.6) is 0 Å². The predicted octanol–water partition coefficient (Wildman–Crippen LogP) is 2.50. The van der Waals surface area contributed by atoms with E-state index in [0.717, 1.165) is 25.5 Å². The summed E-state index contributed by atoms with van der Waals surface area (Å²) in [6, 6.07) is 0.265. The summed E-state index contributed by atoms with van der Waals surface area (Å²) in [5.74, 6) is -1.99. The fourth-order valence-corrected chi connectivity index (χ4v) is 2.65. The molecule has 2 aromatic heterocycles. The van der Waals surface area contributed by atoms with E-state index in [1.807, 2.05) is 0 Å². The van der Waals surface area contributed by atoms with Gasteiger partial charge in [-0.05, 0) is 12.8 Å². The SMILES string of the molecule is O=C(c1ncc(F)cc1F)N1CCCCCC1c1ncon1.